The van der Waals surface area contributed by atoms with E-state index < -0.39 is 0 Å². The highest BCUT2D eigenvalue weighted by molar-refractivity contribution is 7.07. The first-order valence-electron chi connectivity index (χ1n) is 5.92. The molecule has 0 saturated carbocycles. The van der Waals surface area contributed by atoms with Crippen molar-refractivity contribution in [3.8, 4) is 0 Å². The Bertz CT molecular complexity index is 350. The molecular formula is C12H18N2OS. The summed E-state index contributed by atoms with van der Waals surface area (Å²) in [7, 11) is 0. The quantitative estimate of drug-likeness (QED) is 0.805. The summed E-state index contributed by atoms with van der Waals surface area (Å²) >= 11 is 1.63. The normalized spacial score (nSPS) is 25.4. The molecule has 1 aliphatic rings. The number of thiazole rings is 1. The molecule has 3 nitrogen and oxygen atoms in total. The molecular weight excluding hydrogens is 220 g/mol. The van der Waals surface area contributed by atoms with Gasteiger partial charge in [-0.05, 0) is 25.7 Å². The largest absolute Gasteiger partial charge is 0.342 e. The Balaban J connectivity index is 2.06. The van der Waals surface area contributed by atoms with Crippen molar-refractivity contribution in [1.29, 1.82) is 0 Å². The van der Waals surface area contributed by atoms with Crippen molar-refractivity contribution in [2.75, 3.05) is 13.1 Å². The van der Waals surface area contributed by atoms with Gasteiger partial charge in [-0.25, -0.2) is 4.98 Å². The van der Waals surface area contributed by atoms with Crippen molar-refractivity contribution in [2.45, 2.75) is 26.7 Å². The maximum Gasteiger partial charge on any atom is 0.226 e. The van der Waals surface area contributed by atoms with Gasteiger partial charge in [0.05, 0.1) is 11.2 Å². The zero-order valence-corrected chi connectivity index (χ0v) is 10.7. The first-order chi connectivity index (χ1) is 7.76. The maximum absolute atomic E-state index is 12.0. The fraction of sp³-hybridized carbons (Fsp3) is 0.667. The third-order valence-electron chi connectivity index (χ3n) is 3.43. The van der Waals surface area contributed by atoms with Gasteiger partial charge in [-0.1, -0.05) is 6.92 Å². The van der Waals surface area contributed by atoms with Gasteiger partial charge in [0.2, 0.25) is 5.91 Å². The van der Waals surface area contributed by atoms with Crippen LogP contribution >= 0.6 is 11.3 Å². The number of rotatable bonds is 4. The van der Waals surface area contributed by atoms with Crippen LogP contribution in [0.2, 0.25) is 0 Å². The van der Waals surface area contributed by atoms with Crippen LogP contribution in [-0.2, 0) is 11.2 Å². The molecule has 1 fully saturated rings. The molecule has 0 radical (unpaired) electrons. The minimum atomic E-state index is 0.210. The van der Waals surface area contributed by atoms with Crippen molar-refractivity contribution in [3.63, 3.8) is 0 Å². The van der Waals surface area contributed by atoms with Crippen molar-refractivity contribution >= 4 is 17.2 Å². The predicted octanol–water partition coefficient (Wildman–Crippen LogP) is 2.19. The minimum Gasteiger partial charge on any atom is -0.342 e. The van der Waals surface area contributed by atoms with Crippen LogP contribution < -0.4 is 0 Å². The van der Waals surface area contributed by atoms with Gasteiger partial charge in [0, 0.05) is 24.4 Å². The van der Waals surface area contributed by atoms with E-state index in [4.69, 9.17) is 0 Å². The number of nitrogens with zero attached hydrogens (tertiary/aromatic N) is 2. The number of hydrogen-bond acceptors (Lipinski definition) is 3. The fourth-order valence-corrected chi connectivity index (χ4v) is 3.11. The molecule has 0 aliphatic carbocycles. The molecule has 0 spiro atoms. The lowest BCUT2D eigenvalue weighted by Crippen LogP contribution is -2.26. The highest BCUT2D eigenvalue weighted by Gasteiger charge is 2.38. The molecule has 4 heteroatoms. The van der Waals surface area contributed by atoms with Crippen molar-refractivity contribution in [2.24, 2.45) is 11.8 Å². The van der Waals surface area contributed by atoms with Crippen LogP contribution in [0, 0.1) is 11.8 Å². The van der Waals surface area contributed by atoms with Crippen LogP contribution in [0.4, 0.5) is 0 Å². The zero-order valence-electron chi connectivity index (χ0n) is 9.85. The molecule has 0 aromatic carbocycles. The zero-order chi connectivity index (χ0) is 11.5. The average molecular weight is 238 g/mol. The Labute approximate surface area is 100 Å². The highest BCUT2D eigenvalue weighted by Crippen LogP contribution is 2.30. The molecule has 2 heterocycles. The topological polar surface area (TPSA) is 33.2 Å². The van der Waals surface area contributed by atoms with Crippen molar-refractivity contribution in [1.82, 2.24) is 9.88 Å². The van der Waals surface area contributed by atoms with E-state index in [1.807, 2.05) is 10.4 Å². The molecule has 0 bridgehead atoms. The second-order valence-corrected chi connectivity index (χ2v) is 5.05. The summed E-state index contributed by atoms with van der Waals surface area (Å²) in [5.74, 6) is 1.01. The number of hydrogen-bond donors (Lipinski definition) is 0. The average Bonchev–Trinajstić information content (AvgIpc) is 2.87. The molecule has 2 unspecified atom stereocenters. The van der Waals surface area contributed by atoms with Crippen LogP contribution in [0.15, 0.2) is 10.9 Å². The van der Waals surface area contributed by atoms with Gasteiger partial charge in [0.15, 0.2) is 0 Å². The van der Waals surface area contributed by atoms with Gasteiger partial charge >= 0.3 is 0 Å². The summed E-state index contributed by atoms with van der Waals surface area (Å²) in [4.78, 5) is 18.3. The summed E-state index contributed by atoms with van der Waals surface area (Å²) in [5, 5.41) is 2.09. The van der Waals surface area contributed by atoms with Crippen molar-refractivity contribution in [3.05, 3.63) is 16.6 Å². The summed E-state index contributed by atoms with van der Waals surface area (Å²) in [6.07, 6.45) is 1.90. The standard InChI is InChI=1S/C12H18N2OS/c1-3-11-9(5-10-7-16-8-13-10)6-14(4-2)12(11)15/h7-9,11H,3-6H2,1-2H3. The molecule has 0 N–H and O–H groups in total. The SMILES string of the molecule is CCC1C(=O)N(CC)CC1Cc1cscn1. The van der Waals surface area contributed by atoms with E-state index in [0.717, 1.165) is 31.6 Å². The highest BCUT2D eigenvalue weighted by atomic mass is 32.1. The molecule has 1 amide bonds. The smallest absolute Gasteiger partial charge is 0.226 e. The molecule has 2 rings (SSSR count). The molecule has 1 saturated heterocycles. The van der Waals surface area contributed by atoms with Gasteiger partial charge in [-0.15, -0.1) is 11.3 Å². The Morgan fingerprint density at radius 2 is 2.38 bits per heavy atom. The minimum absolute atomic E-state index is 0.210. The lowest BCUT2D eigenvalue weighted by Gasteiger charge is -2.12. The Morgan fingerprint density at radius 3 is 2.94 bits per heavy atom. The summed E-state index contributed by atoms with van der Waals surface area (Å²) in [5.41, 5.74) is 3.00. The van der Waals surface area contributed by atoms with E-state index >= 15 is 0 Å². The Hall–Kier alpha value is -0.900. The van der Waals surface area contributed by atoms with E-state index in [-0.39, 0.29) is 5.92 Å². The molecule has 1 aromatic rings. The van der Waals surface area contributed by atoms with E-state index in [1.165, 1.54) is 0 Å². The Kier molecular flexibility index (Phi) is 3.59. The monoisotopic (exact) mass is 238 g/mol. The molecule has 1 aromatic heterocycles. The lowest BCUT2D eigenvalue weighted by molar-refractivity contribution is -0.131. The molecule has 2 atom stereocenters. The predicted molar refractivity (Wildman–Crippen MR) is 65.3 cm³/mol. The van der Waals surface area contributed by atoms with Gasteiger partial charge in [-0.3, -0.25) is 4.79 Å². The van der Waals surface area contributed by atoms with E-state index in [0.29, 0.717) is 11.8 Å². The van der Waals surface area contributed by atoms with Gasteiger partial charge in [0.1, 0.15) is 0 Å². The number of carbonyl (C=O) groups is 1. The van der Waals surface area contributed by atoms with Crippen LogP contribution in [0.25, 0.3) is 0 Å². The number of aromatic nitrogens is 1. The third-order valence-corrected chi connectivity index (χ3v) is 4.06. The van der Waals surface area contributed by atoms with E-state index in [9.17, 15) is 4.79 Å². The molecule has 16 heavy (non-hydrogen) atoms. The van der Waals surface area contributed by atoms with E-state index in [2.05, 4.69) is 24.2 Å². The van der Waals surface area contributed by atoms with E-state index in [1.54, 1.807) is 11.3 Å². The van der Waals surface area contributed by atoms with Crippen molar-refractivity contribution < 1.29 is 4.79 Å². The van der Waals surface area contributed by atoms with Crippen LogP contribution in [-0.4, -0.2) is 28.9 Å². The lowest BCUT2D eigenvalue weighted by atomic mass is 9.89. The number of likely N-dealkylation sites (tertiary alicyclic amines) is 1. The Morgan fingerprint density at radius 1 is 1.56 bits per heavy atom. The summed E-state index contributed by atoms with van der Waals surface area (Å²) < 4.78 is 0. The second kappa shape index (κ2) is 4.95. The first kappa shape index (κ1) is 11.6. The fourth-order valence-electron chi connectivity index (χ4n) is 2.54. The van der Waals surface area contributed by atoms with Crippen LogP contribution in [0.1, 0.15) is 26.0 Å². The number of carbonyl (C=O) groups excluding carboxylic acids is 1. The van der Waals surface area contributed by atoms with Crippen LogP contribution in [0.5, 0.6) is 0 Å². The van der Waals surface area contributed by atoms with Crippen LogP contribution in [0.3, 0.4) is 0 Å². The number of amides is 1. The third kappa shape index (κ3) is 2.12. The van der Waals surface area contributed by atoms with Gasteiger partial charge in [-0.2, -0.15) is 0 Å². The molecule has 1 aliphatic heterocycles. The molecule has 88 valence electrons. The first-order valence-corrected chi connectivity index (χ1v) is 6.86. The second-order valence-electron chi connectivity index (χ2n) is 4.34. The van der Waals surface area contributed by atoms with Gasteiger partial charge in [0.25, 0.3) is 0 Å². The van der Waals surface area contributed by atoms with Gasteiger partial charge < -0.3 is 4.90 Å². The summed E-state index contributed by atoms with van der Waals surface area (Å²) in [6.45, 7) is 5.90. The summed E-state index contributed by atoms with van der Waals surface area (Å²) in [6, 6.07) is 0. The maximum atomic E-state index is 12.0.